The van der Waals surface area contributed by atoms with Gasteiger partial charge in [-0.3, -0.25) is 4.79 Å². The molecular weight excluding hydrogens is 374 g/mol. The standard InChI is InChI=1S/C25H19N3O2/c26-15-22-6-4-5-9-24(22)21-12-10-19(11-13-21)18-30-25(29)14-20-16-27-28(17-20)23-7-2-1-3-8-23/h1-13,16-17H,14,18H2. The van der Waals surface area contributed by atoms with Crippen LogP contribution < -0.4 is 0 Å². The zero-order valence-corrected chi connectivity index (χ0v) is 16.2. The normalized spacial score (nSPS) is 10.4. The molecule has 0 aliphatic rings. The summed E-state index contributed by atoms with van der Waals surface area (Å²) in [5.41, 5.74) is 5.10. The minimum Gasteiger partial charge on any atom is -0.461 e. The number of carbonyl (C=O) groups excluding carboxylic acids is 1. The van der Waals surface area contributed by atoms with Crippen molar-refractivity contribution >= 4 is 5.97 Å². The molecule has 3 aromatic carbocycles. The van der Waals surface area contributed by atoms with Crippen molar-refractivity contribution in [1.82, 2.24) is 9.78 Å². The molecule has 1 aromatic heterocycles. The van der Waals surface area contributed by atoms with Crippen LogP contribution in [0.3, 0.4) is 0 Å². The number of rotatable bonds is 6. The fraction of sp³-hybridized carbons (Fsp3) is 0.0800. The van der Waals surface area contributed by atoms with Gasteiger partial charge < -0.3 is 4.74 Å². The lowest BCUT2D eigenvalue weighted by molar-refractivity contribution is -0.144. The number of benzene rings is 3. The van der Waals surface area contributed by atoms with Crippen molar-refractivity contribution in [3.05, 3.63) is 108 Å². The third kappa shape index (κ3) is 4.45. The van der Waals surface area contributed by atoms with E-state index in [1.54, 1.807) is 16.9 Å². The van der Waals surface area contributed by atoms with E-state index in [4.69, 9.17) is 4.74 Å². The first-order valence-electron chi connectivity index (χ1n) is 9.56. The minimum absolute atomic E-state index is 0.167. The molecule has 0 aliphatic heterocycles. The maximum absolute atomic E-state index is 12.2. The first kappa shape index (κ1) is 19.2. The molecule has 0 radical (unpaired) electrons. The summed E-state index contributed by atoms with van der Waals surface area (Å²) in [5, 5.41) is 13.5. The van der Waals surface area contributed by atoms with Crippen LogP contribution >= 0.6 is 0 Å². The number of hydrogen-bond acceptors (Lipinski definition) is 4. The topological polar surface area (TPSA) is 67.9 Å². The van der Waals surface area contributed by atoms with E-state index in [-0.39, 0.29) is 19.0 Å². The summed E-state index contributed by atoms with van der Waals surface area (Å²) in [6.07, 6.45) is 3.67. The van der Waals surface area contributed by atoms with E-state index in [2.05, 4.69) is 11.2 Å². The Morgan fingerprint density at radius 3 is 2.43 bits per heavy atom. The molecule has 0 N–H and O–H groups in total. The van der Waals surface area contributed by atoms with Crippen molar-refractivity contribution in [2.24, 2.45) is 0 Å². The van der Waals surface area contributed by atoms with Crippen LogP contribution in [-0.4, -0.2) is 15.7 Å². The molecule has 5 heteroatoms. The van der Waals surface area contributed by atoms with Crippen molar-refractivity contribution in [1.29, 1.82) is 5.26 Å². The van der Waals surface area contributed by atoms with Gasteiger partial charge in [0.15, 0.2) is 0 Å². The number of hydrogen-bond donors (Lipinski definition) is 0. The summed E-state index contributed by atoms with van der Waals surface area (Å²) in [6, 6.07) is 27.1. The van der Waals surface area contributed by atoms with Gasteiger partial charge in [-0.25, -0.2) is 4.68 Å². The number of carbonyl (C=O) groups is 1. The number of nitrogens with zero attached hydrogens (tertiary/aromatic N) is 3. The second kappa shape index (κ2) is 8.89. The van der Waals surface area contributed by atoms with E-state index in [0.717, 1.165) is 27.9 Å². The highest BCUT2D eigenvalue weighted by atomic mass is 16.5. The Morgan fingerprint density at radius 1 is 0.933 bits per heavy atom. The number of para-hydroxylation sites is 1. The van der Waals surface area contributed by atoms with Crippen LogP contribution in [-0.2, 0) is 22.6 Å². The van der Waals surface area contributed by atoms with Crippen LogP contribution in [0.4, 0.5) is 0 Å². The van der Waals surface area contributed by atoms with E-state index >= 15 is 0 Å². The predicted molar refractivity (Wildman–Crippen MR) is 114 cm³/mol. The maximum atomic E-state index is 12.2. The fourth-order valence-electron chi connectivity index (χ4n) is 3.17. The Labute approximate surface area is 174 Å². The smallest absolute Gasteiger partial charge is 0.310 e. The Hall–Kier alpha value is -4.17. The number of esters is 1. The van der Waals surface area contributed by atoms with Gasteiger partial charge in [0.1, 0.15) is 6.61 Å². The summed E-state index contributed by atoms with van der Waals surface area (Å²) in [5.74, 6) is -0.304. The second-order valence-corrected chi connectivity index (χ2v) is 6.82. The van der Waals surface area contributed by atoms with Gasteiger partial charge in [0.2, 0.25) is 0 Å². The first-order valence-corrected chi connectivity index (χ1v) is 9.56. The molecule has 1 heterocycles. The molecule has 4 aromatic rings. The van der Waals surface area contributed by atoms with E-state index in [1.165, 1.54) is 0 Å². The summed E-state index contributed by atoms with van der Waals surface area (Å²) in [4.78, 5) is 12.2. The maximum Gasteiger partial charge on any atom is 0.310 e. The zero-order valence-electron chi connectivity index (χ0n) is 16.2. The molecule has 0 unspecified atom stereocenters. The lowest BCUT2D eigenvalue weighted by Gasteiger charge is -2.07. The molecule has 146 valence electrons. The fourth-order valence-corrected chi connectivity index (χ4v) is 3.17. The average Bonchev–Trinajstić information content (AvgIpc) is 3.27. The number of nitriles is 1. The molecule has 0 atom stereocenters. The van der Waals surface area contributed by atoms with Crippen molar-refractivity contribution in [2.75, 3.05) is 0 Å². The van der Waals surface area contributed by atoms with Gasteiger partial charge >= 0.3 is 5.97 Å². The van der Waals surface area contributed by atoms with Crippen LogP contribution in [0.5, 0.6) is 0 Å². The minimum atomic E-state index is -0.304. The Bertz CT molecular complexity index is 1190. The molecule has 5 nitrogen and oxygen atoms in total. The third-order valence-corrected chi connectivity index (χ3v) is 4.72. The SMILES string of the molecule is N#Cc1ccccc1-c1ccc(COC(=O)Cc2cnn(-c3ccccc3)c2)cc1. The Kier molecular flexibility index (Phi) is 5.68. The molecule has 0 saturated carbocycles. The molecule has 0 saturated heterocycles. The predicted octanol–water partition coefficient (Wildman–Crippen LogP) is 4.70. The third-order valence-electron chi connectivity index (χ3n) is 4.72. The van der Waals surface area contributed by atoms with Crippen LogP contribution in [0.2, 0.25) is 0 Å². The van der Waals surface area contributed by atoms with E-state index < -0.39 is 0 Å². The van der Waals surface area contributed by atoms with Gasteiger partial charge in [-0.2, -0.15) is 10.4 Å². The van der Waals surface area contributed by atoms with Crippen molar-refractivity contribution in [3.63, 3.8) is 0 Å². The largest absolute Gasteiger partial charge is 0.461 e. The van der Waals surface area contributed by atoms with E-state index in [0.29, 0.717) is 5.56 Å². The van der Waals surface area contributed by atoms with E-state index in [9.17, 15) is 10.1 Å². The van der Waals surface area contributed by atoms with Gasteiger partial charge in [0, 0.05) is 11.8 Å². The second-order valence-electron chi connectivity index (χ2n) is 6.82. The number of ether oxygens (including phenoxy) is 1. The number of aromatic nitrogens is 2. The molecule has 0 fully saturated rings. The summed E-state index contributed by atoms with van der Waals surface area (Å²) in [6.45, 7) is 0.200. The van der Waals surface area contributed by atoms with Crippen molar-refractivity contribution in [2.45, 2.75) is 13.0 Å². The van der Waals surface area contributed by atoms with Crippen LogP contribution in [0, 0.1) is 11.3 Å². The first-order chi connectivity index (χ1) is 14.7. The zero-order chi connectivity index (χ0) is 20.8. The molecule has 4 rings (SSSR count). The van der Waals surface area contributed by atoms with Crippen LogP contribution in [0.1, 0.15) is 16.7 Å². The average molecular weight is 393 g/mol. The molecule has 0 bridgehead atoms. The Balaban J connectivity index is 1.34. The summed E-state index contributed by atoms with van der Waals surface area (Å²) in [7, 11) is 0. The highest BCUT2D eigenvalue weighted by Gasteiger charge is 2.09. The molecule has 30 heavy (non-hydrogen) atoms. The van der Waals surface area contributed by atoms with Gasteiger partial charge in [-0.15, -0.1) is 0 Å². The Morgan fingerprint density at radius 2 is 1.67 bits per heavy atom. The van der Waals surface area contributed by atoms with Gasteiger partial charge in [-0.1, -0.05) is 60.7 Å². The monoisotopic (exact) mass is 393 g/mol. The molecule has 0 aliphatic carbocycles. The molecule has 0 amide bonds. The van der Waals surface area contributed by atoms with Crippen LogP contribution in [0.25, 0.3) is 16.8 Å². The summed E-state index contributed by atoms with van der Waals surface area (Å²) >= 11 is 0. The van der Waals surface area contributed by atoms with Gasteiger partial charge in [-0.05, 0) is 34.9 Å². The lowest BCUT2D eigenvalue weighted by atomic mass is 9.99. The molecular formula is C25H19N3O2. The highest BCUT2D eigenvalue weighted by molar-refractivity contribution is 5.73. The highest BCUT2D eigenvalue weighted by Crippen LogP contribution is 2.23. The van der Waals surface area contributed by atoms with Crippen molar-refractivity contribution in [3.8, 4) is 22.9 Å². The van der Waals surface area contributed by atoms with Crippen LogP contribution in [0.15, 0.2) is 91.3 Å². The lowest BCUT2D eigenvalue weighted by Crippen LogP contribution is -2.07. The van der Waals surface area contributed by atoms with E-state index in [1.807, 2.05) is 79.0 Å². The summed E-state index contributed by atoms with van der Waals surface area (Å²) < 4.78 is 7.15. The molecule has 0 spiro atoms. The van der Waals surface area contributed by atoms with Crippen molar-refractivity contribution < 1.29 is 9.53 Å². The van der Waals surface area contributed by atoms with Gasteiger partial charge in [0.05, 0.1) is 29.9 Å². The quantitative estimate of drug-likeness (QED) is 0.446. The van der Waals surface area contributed by atoms with Gasteiger partial charge in [0.25, 0.3) is 0 Å².